The standard InChI is InChI=1S/C73H56N6/c1-71(2)63-40-47(14-16-49-22-34-59-61-36-30-55(44-67(61)72(3,4)65(59)42-49)78(69-12-8-10-38-76-69)53-26-18-51(46-74)19-27-53)20-32-57(63)58-33-21-48(41-64(58)71)15-17-50-23-35-60-62-37-31-56(45-68(62)73(5,6)66(60)43-50)79(70-13-9-11-39-77-70)54-28-24-52(75-7)25-29-54/h8-45H,1-6H3/b16-14+,17-15+. The van der Waals surface area contributed by atoms with Crippen molar-refractivity contribution in [3.05, 3.63) is 279 Å². The van der Waals surface area contributed by atoms with E-state index in [1.807, 2.05) is 97.3 Å². The second-order valence-electron chi connectivity index (χ2n) is 22.6. The van der Waals surface area contributed by atoms with Crippen molar-refractivity contribution in [3.8, 4) is 39.4 Å². The number of nitriles is 1. The summed E-state index contributed by atoms with van der Waals surface area (Å²) >= 11 is 0. The zero-order valence-electron chi connectivity index (χ0n) is 45.1. The third kappa shape index (κ3) is 8.24. The summed E-state index contributed by atoms with van der Waals surface area (Å²) in [5, 5.41) is 9.50. The average molecular weight is 1020 g/mol. The number of hydrogen-bond donors (Lipinski definition) is 0. The molecule has 2 aromatic heterocycles. The fraction of sp³-hybridized carbons (Fsp3) is 0.123. The number of anilines is 6. The Hall–Kier alpha value is -9.88. The molecule has 0 aliphatic heterocycles. The highest BCUT2D eigenvalue weighted by Gasteiger charge is 2.39. The zero-order chi connectivity index (χ0) is 54.2. The molecule has 0 fully saturated rings. The van der Waals surface area contributed by atoms with Crippen LogP contribution in [-0.4, -0.2) is 9.97 Å². The molecule has 378 valence electrons. The maximum Gasteiger partial charge on any atom is 0.187 e. The summed E-state index contributed by atoms with van der Waals surface area (Å²) in [6.45, 7) is 21.5. The second kappa shape index (κ2) is 18.7. The van der Waals surface area contributed by atoms with Crippen molar-refractivity contribution in [1.82, 2.24) is 9.97 Å². The fourth-order valence-electron chi connectivity index (χ4n) is 12.5. The zero-order valence-corrected chi connectivity index (χ0v) is 45.1. The van der Waals surface area contributed by atoms with E-state index in [4.69, 9.17) is 16.5 Å². The number of benzene rings is 8. The van der Waals surface area contributed by atoms with E-state index < -0.39 is 0 Å². The molecule has 0 spiro atoms. The molecule has 0 saturated carbocycles. The van der Waals surface area contributed by atoms with Gasteiger partial charge in [-0.25, -0.2) is 14.8 Å². The van der Waals surface area contributed by atoms with Crippen molar-refractivity contribution in [3.63, 3.8) is 0 Å². The van der Waals surface area contributed by atoms with E-state index in [-0.39, 0.29) is 16.2 Å². The molecule has 0 unspecified atom stereocenters. The Bertz CT molecular complexity index is 3950. The molecule has 13 rings (SSSR count). The number of rotatable bonds is 10. The molecule has 6 nitrogen and oxygen atoms in total. The van der Waals surface area contributed by atoms with Gasteiger partial charge in [0.2, 0.25) is 0 Å². The van der Waals surface area contributed by atoms with Crippen molar-refractivity contribution in [2.24, 2.45) is 0 Å². The molecular weight excluding hydrogens is 961 g/mol. The highest BCUT2D eigenvalue weighted by Crippen LogP contribution is 2.54. The summed E-state index contributed by atoms with van der Waals surface area (Å²) in [4.78, 5) is 17.4. The highest BCUT2D eigenvalue weighted by molar-refractivity contribution is 5.90. The van der Waals surface area contributed by atoms with E-state index in [9.17, 15) is 5.26 Å². The van der Waals surface area contributed by atoms with Gasteiger partial charge in [-0.1, -0.05) is 175 Å². The monoisotopic (exact) mass is 1020 g/mol. The first-order valence-corrected chi connectivity index (χ1v) is 26.9. The predicted molar refractivity (Wildman–Crippen MR) is 326 cm³/mol. The summed E-state index contributed by atoms with van der Waals surface area (Å²) in [6.07, 6.45) is 12.7. The molecule has 3 aliphatic carbocycles. The molecule has 0 amide bonds. The normalized spacial score (nSPS) is 14.4. The molecule has 3 aliphatic rings. The van der Waals surface area contributed by atoms with Gasteiger partial charge in [0.15, 0.2) is 5.69 Å². The highest BCUT2D eigenvalue weighted by atomic mass is 15.2. The van der Waals surface area contributed by atoms with Gasteiger partial charge in [0.05, 0.1) is 18.2 Å². The molecule has 0 saturated heterocycles. The topological polar surface area (TPSA) is 60.4 Å². The third-order valence-corrected chi connectivity index (χ3v) is 16.8. The Kier molecular flexibility index (Phi) is 11.5. The maximum absolute atomic E-state index is 9.50. The van der Waals surface area contributed by atoms with Crippen LogP contribution in [0, 0.1) is 17.9 Å². The van der Waals surface area contributed by atoms with Crippen molar-refractivity contribution in [2.45, 2.75) is 57.8 Å². The number of hydrogen-bond acceptors (Lipinski definition) is 5. The van der Waals surface area contributed by atoms with Gasteiger partial charge in [-0.3, -0.25) is 9.80 Å². The van der Waals surface area contributed by atoms with Gasteiger partial charge in [0, 0.05) is 51.4 Å². The van der Waals surface area contributed by atoms with Crippen LogP contribution in [0.15, 0.2) is 207 Å². The van der Waals surface area contributed by atoms with Gasteiger partial charge < -0.3 is 0 Å². The molecule has 0 N–H and O–H groups in total. The Balaban J connectivity index is 0.728. The molecule has 6 heteroatoms. The van der Waals surface area contributed by atoms with E-state index >= 15 is 0 Å². The number of fused-ring (bicyclic) bond motifs is 9. The summed E-state index contributed by atoms with van der Waals surface area (Å²) in [7, 11) is 0. The first-order chi connectivity index (χ1) is 38.3. The summed E-state index contributed by atoms with van der Waals surface area (Å²) in [5.74, 6) is 1.64. The van der Waals surface area contributed by atoms with Crippen LogP contribution in [0.5, 0.6) is 0 Å². The largest absolute Gasteiger partial charge is 0.295 e. The van der Waals surface area contributed by atoms with Gasteiger partial charge in [0.25, 0.3) is 0 Å². The number of aromatic nitrogens is 2. The van der Waals surface area contributed by atoms with Crippen molar-refractivity contribution >= 4 is 64.4 Å². The lowest BCUT2D eigenvalue weighted by atomic mass is 9.81. The van der Waals surface area contributed by atoms with Crippen LogP contribution >= 0.6 is 0 Å². The average Bonchev–Trinajstić information content (AvgIpc) is 4.21. The van der Waals surface area contributed by atoms with Crippen LogP contribution < -0.4 is 9.80 Å². The van der Waals surface area contributed by atoms with E-state index in [2.05, 4.69) is 196 Å². The van der Waals surface area contributed by atoms with Crippen LogP contribution in [0.1, 0.15) is 103 Å². The Morgan fingerprint density at radius 1 is 0.392 bits per heavy atom. The van der Waals surface area contributed by atoms with Crippen LogP contribution in [0.4, 0.5) is 40.1 Å². The molecular formula is C73H56N6. The molecule has 79 heavy (non-hydrogen) atoms. The number of pyridine rings is 2. The van der Waals surface area contributed by atoms with E-state index in [0.717, 1.165) is 34.4 Å². The van der Waals surface area contributed by atoms with E-state index in [1.165, 1.54) is 89.0 Å². The Labute approximate surface area is 463 Å². The molecule has 8 aromatic carbocycles. The lowest BCUT2D eigenvalue weighted by molar-refractivity contribution is 0.660. The van der Waals surface area contributed by atoms with E-state index in [1.54, 1.807) is 0 Å². The van der Waals surface area contributed by atoms with Crippen LogP contribution in [0.25, 0.3) is 62.5 Å². The van der Waals surface area contributed by atoms with Crippen molar-refractivity contribution in [2.75, 3.05) is 9.80 Å². The first kappa shape index (κ1) is 48.7. The third-order valence-electron chi connectivity index (χ3n) is 16.8. The summed E-state index contributed by atoms with van der Waals surface area (Å²) in [5.41, 5.74) is 24.7. The van der Waals surface area contributed by atoms with Gasteiger partial charge in [-0.05, 0) is 174 Å². The fourth-order valence-corrected chi connectivity index (χ4v) is 12.5. The van der Waals surface area contributed by atoms with Gasteiger partial charge in [0.1, 0.15) is 11.6 Å². The minimum absolute atomic E-state index is 0.178. The van der Waals surface area contributed by atoms with Crippen molar-refractivity contribution < 1.29 is 0 Å². The van der Waals surface area contributed by atoms with E-state index in [0.29, 0.717) is 11.3 Å². The maximum atomic E-state index is 9.50. The Morgan fingerprint density at radius 2 is 0.709 bits per heavy atom. The Morgan fingerprint density at radius 3 is 1.03 bits per heavy atom. The lowest BCUT2D eigenvalue weighted by Crippen LogP contribution is -2.17. The molecule has 2 heterocycles. The predicted octanol–water partition coefficient (Wildman–Crippen LogP) is 19.1. The second-order valence-corrected chi connectivity index (χ2v) is 22.6. The smallest absolute Gasteiger partial charge is 0.187 e. The van der Waals surface area contributed by atoms with Crippen LogP contribution in [0.3, 0.4) is 0 Å². The number of nitrogens with zero attached hydrogens (tertiary/aromatic N) is 6. The molecule has 0 radical (unpaired) electrons. The molecule has 10 aromatic rings. The molecule has 0 atom stereocenters. The van der Waals surface area contributed by atoms with Crippen LogP contribution in [-0.2, 0) is 16.2 Å². The van der Waals surface area contributed by atoms with Gasteiger partial charge in [-0.15, -0.1) is 0 Å². The minimum atomic E-state index is -0.237. The van der Waals surface area contributed by atoms with Gasteiger partial charge >= 0.3 is 0 Å². The van der Waals surface area contributed by atoms with Crippen LogP contribution in [0.2, 0.25) is 0 Å². The van der Waals surface area contributed by atoms with Crippen molar-refractivity contribution in [1.29, 1.82) is 5.26 Å². The first-order valence-electron chi connectivity index (χ1n) is 26.9. The quantitative estimate of drug-likeness (QED) is 0.101. The summed E-state index contributed by atoms with van der Waals surface area (Å²) < 4.78 is 0. The summed E-state index contributed by atoms with van der Waals surface area (Å²) in [6, 6.07) is 70.8. The lowest BCUT2D eigenvalue weighted by Gasteiger charge is -2.27. The SMILES string of the molecule is [C-]#[N+]c1ccc(N(c2ccc3c(c2)C(C)(C)c2cc(/C=C/c4ccc5c(c4)C(C)(C)c4cc(/C=C/c6ccc7c(c6)C(C)(C)c6cc(N(c8ccc(C#N)cc8)c8ccccn8)ccc6-7)ccc4-5)ccc2-3)c2ccccn2)cc1. The molecule has 0 bridgehead atoms. The minimum Gasteiger partial charge on any atom is -0.295 e. The van der Waals surface area contributed by atoms with Gasteiger partial charge in [-0.2, -0.15) is 5.26 Å².